The molecule has 6 nitrogen and oxygen atoms in total. The molecule has 0 saturated heterocycles. The Bertz CT molecular complexity index is 855. The van der Waals surface area contributed by atoms with E-state index in [0.29, 0.717) is 25.1 Å². The Kier molecular flexibility index (Phi) is 4.11. The summed E-state index contributed by atoms with van der Waals surface area (Å²) in [5, 5.41) is -0.122. The molecule has 0 saturated carbocycles. The van der Waals surface area contributed by atoms with Crippen LogP contribution in [0.5, 0.6) is 0 Å². The van der Waals surface area contributed by atoms with Gasteiger partial charge >= 0.3 is 0 Å². The van der Waals surface area contributed by atoms with E-state index in [4.69, 9.17) is 0 Å². The lowest BCUT2D eigenvalue weighted by Gasteiger charge is -2.27. The van der Waals surface area contributed by atoms with Crippen molar-refractivity contribution in [2.24, 2.45) is 0 Å². The first kappa shape index (κ1) is 15.9. The summed E-state index contributed by atoms with van der Waals surface area (Å²) in [5.41, 5.74) is 3.18. The van der Waals surface area contributed by atoms with Crippen LogP contribution in [0, 0.1) is 12.9 Å². The Balaban J connectivity index is 1.76. The molecule has 2 aromatic rings. The maximum Gasteiger partial charge on any atom is 0.246 e. The van der Waals surface area contributed by atoms with Crippen molar-refractivity contribution in [3.05, 3.63) is 46.8 Å². The summed E-state index contributed by atoms with van der Waals surface area (Å²) in [5.74, 6) is -0.445. The van der Waals surface area contributed by atoms with E-state index in [9.17, 15) is 12.8 Å². The van der Waals surface area contributed by atoms with Gasteiger partial charge in [-0.05, 0) is 18.6 Å². The number of aryl methyl sites for hydroxylation is 1. The third-order valence-corrected chi connectivity index (χ3v) is 4.66. The van der Waals surface area contributed by atoms with Crippen LogP contribution in [0.3, 0.4) is 0 Å². The van der Waals surface area contributed by atoms with Crippen molar-refractivity contribution < 1.29 is 12.8 Å². The Labute approximate surface area is 134 Å². The second kappa shape index (κ2) is 5.93. The number of fused-ring (bicyclic) bond motifs is 1. The first-order chi connectivity index (χ1) is 10.8. The Morgan fingerprint density at radius 2 is 2.09 bits per heavy atom. The Hall–Kier alpha value is -1.93. The highest BCUT2D eigenvalue weighted by Gasteiger charge is 2.21. The fourth-order valence-electron chi connectivity index (χ4n) is 2.63. The fraction of sp³-hybridized carbons (Fsp3) is 0.400. The van der Waals surface area contributed by atoms with Crippen LogP contribution < -0.4 is 0 Å². The minimum atomic E-state index is -3.39. The second-order valence-electron chi connectivity index (χ2n) is 5.81. The molecule has 0 bridgehead atoms. The zero-order valence-electron chi connectivity index (χ0n) is 13.0. The highest BCUT2D eigenvalue weighted by molar-refractivity contribution is 7.90. The molecule has 1 aliphatic rings. The van der Waals surface area contributed by atoms with E-state index < -0.39 is 15.8 Å². The summed E-state index contributed by atoms with van der Waals surface area (Å²) >= 11 is 0. The Morgan fingerprint density at radius 1 is 1.30 bits per heavy atom. The van der Waals surface area contributed by atoms with Crippen LogP contribution in [0.25, 0.3) is 0 Å². The van der Waals surface area contributed by atoms with Gasteiger partial charge < -0.3 is 0 Å². The maximum atomic E-state index is 13.2. The molecule has 0 amide bonds. The summed E-state index contributed by atoms with van der Waals surface area (Å²) in [4.78, 5) is 14.0. The quantitative estimate of drug-likeness (QED) is 0.621. The van der Waals surface area contributed by atoms with E-state index in [2.05, 4.69) is 19.9 Å². The molecule has 0 spiro atoms. The van der Waals surface area contributed by atoms with Crippen LogP contribution in [0.1, 0.15) is 22.4 Å². The van der Waals surface area contributed by atoms with Gasteiger partial charge in [0.05, 0.1) is 5.69 Å². The van der Waals surface area contributed by atoms with Gasteiger partial charge in [-0.3, -0.25) is 4.90 Å². The van der Waals surface area contributed by atoms with E-state index in [-0.39, 0.29) is 5.16 Å². The zero-order valence-corrected chi connectivity index (χ0v) is 13.8. The molecule has 0 atom stereocenters. The van der Waals surface area contributed by atoms with Crippen molar-refractivity contribution in [3.8, 4) is 0 Å². The molecule has 8 heteroatoms. The van der Waals surface area contributed by atoms with Gasteiger partial charge in [0, 0.05) is 55.8 Å². The second-order valence-corrected chi connectivity index (χ2v) is 7.72. The first-order valence-corrected chi connectivity index (χ1v) is 9.10. The predicted octanol–water partition coefficient (Wildman–Crippen LogP) is 1.28. The van der Waals surface area contributed by atoms with Gasteiger partial charge in [0.2, 0.25) is 20.9 Å². The van der Waals surface area contributed by atoms with Crippen LogP contribution >= 0.6 is 0 Å². The molecule has 0 unspecified atom stereocenters. The van der Waals surface area contributed by atoms with Crippen LogP contribution in [-0.4, -0.2) is 41.1 Å². The number of pyridine rings is 1. The summed E-state index contributed by atoms with van der Waals surface area (Å²) in [6.45, 7) is 3.73. The van der Waals surface area contributed by atoms with Crippen molar-refractivity contribution in [1.82, 2.24) is 19.9 Å². The minimum Gasteiger partial charge on any atom is -0.294 e. The normalized spacial score (nSPS) is 15.4. The molecule has 0 N–H and O–H groups in total. The van der Waals surface area contributed by atoms with Gasteiger partial charge in [-0.25, -0.2) is 23.4 Å². The fourth-order valence-corrected chi connectivity index (χ4v) is 3.15. The Morgan fingerprint density at radius 3 is 2.78 bits per heavy atom. The molecule has 122 valence electrons. The number of hydrogen-bond donors (Lipinski definition) is 0. The summed E-state index contributed by atoms with van der Waals surface area (Å²) in [6.07, 6.45) is 4.89. The van der Waals surface area contributed by atoms with Gasteiger partial charge in [0.15, 0.2) is 0 Å². The third kappa shape index (κ3) is 3.53. The van der Waals surface area contributed by atoms with Crippen LogP contribution in [0.15, 0.2) is 23.6 Å². The molecule has 0 fully saturated rings. The zero-order chi connectivity index (χ0) is 16.6. The molecular formula is C15H17FN4O2S. The molecule has 1 aliphatic heterocycles. The third-order valence-electron chi connectivity index (χ3n) is 3.80. The van der Waals surface area contributed by atoms with Gasteiger partial charge in [-0.1, -0.05) is 0 Å². The molecule has 2 aromatic heterocycles. The predicted molar refractivity (Wildman–Crippen MR) is 81.9 cm³/mol. The van der Waals surface area contributed by atoms with Gasteiger partial charge in [-0.2, -0.15) is 4.39 Å². The maximum absolute atomic E-state index is 13.2. The highest BCUT2D eigenvalue weighted by Crippen LogP contribution is 2.20. The number of sulfone groups is 1. The summed E-state index contributed by atoms with van der Waals surface area (Å²) < 4.78 is 36.2. The summed E-state index contributed by atoms with van der Waals surface area (Å²) in [6, 6.07) is 1.79. The molecule has 0 aliphatic carbocycles. The van der Waals surface area contributed by atoms with E-state index in [0.717, 1.165) is 29.6 Å². The number of aromatic nitrogens is 3. The van der Waals surface area contributed by atoms with Crippen molar-refractivity contribution in [3.63, 3.8) is 0 Å². The monoisotopic (exact) mass is 336 g/mol. The van der Waals surface area contributed by atoms with Crippen molar-refractivity contribution in [1.29, 1.82) is 0 Å². The standard InChI is InChI=1S/C15H17FN4O2S/c1-10-5-11(6-17-14(10)16)8-20-4-3-13-12(9-20)7-18-15(19-13)23(2,21)22/h5-7H,3-4,8-9H2,1-2H3. The smallest absolute Gasteiger partial charge is 0.246 e. The van der Waals surface area contributed by atoms with E-state index >= 15 is 0 Å². The molecular weight excluding hydrogens is 319 g/mol. The van der Waals surface area contributed by atoms with Gasteiger partial charge in [0.25, 0.3) is 0 Å². The van der Waals surface area contributed by atoms with Crippen LogP contribution in [-0.2, 0) is 29.3 Å². The number of nitrogens with zero attached hydrogens (tertiary/aromatic N) is 4. The average molecular weight is 336 g/mol. The summed E-state index contributed by atoms with van der Waals surface area (Å²) in [7, 11) is -3.39. The molecule has 23 heavy (non-hydrogen) atoms. The average Bonchev–Trinajstić information content (AvgIpc) is 2.49. The molecule has 3 rings (SSSR count). The van der Waals surface area contributed by atoms with E-state index in [1.54, 1.807) is 25.4 Å². The lowest BCUT2D eigenvalue weighted by molar-refractivity contribution is 0.241. The van der Waals surface area contributed by atoms with Gasteiger partial charge in [0.1, 0.15) is 0 Å². The van der Waals surface area contributed by atoms with Crippen LogP contribution in [0.2, 0.25) is 0 Å². The lowest BCUT2D eigenvalue weighted by atomic mass is 10.1. The first-order valence-electron chi connectivity index (χ1n) is 7.21. The number of halogens is 1. The SMILES string of the molecule is Cc1cc(CN2CCc3nc(S(C)(=O)=O)ncc3C2)cnc1F. The molecule has 0 radical (unpaired) electrons. The topological polar surface area (TPSA) is 76.1 Å². The largest absolute Gasteiger partial charge is 0.294 e. The van der Waals surface area contributed by atoms with E-state index in [1.165, 1.54) is 0 Å². The van der Waals surface area contributed by atoms with Crippen LogP contribution in [0.4, 0.5) is 4.39 Å². The number of rotatable bonds is 3. The molecule has 3 heterocycles. The van der Waals surface area contributed by atoms with Crippen molar-refractivity contribution in [2.75, 3.05) is 12.8 Å². The van der Waals surface area contributed by atoms with E-state index in [1.807, 2.05) is 0 Å². The lowest BCUT2D eigenvalue weighted by Crippen LogP contribution is -2.31. The highest BCUT2D eigenvalue weighted by atomic mass is 32.2. The van der Waals surface area contributed by atoms with Crippen molar-refractivity contribution >= 4 is 9.84 Å². The van der Waals surface area contributed by atoms with Crippen molar-refractivity contribution in [2.45, 2.75) is 31.6 Å². The number of hydrogen-bond acceptors (Lipinski definition) is 6. The molecule has 0 aromatic carbocycles. The minimum absolute atomic E-state index is 0.122. The van der Waals surface area contributed by atoms with Gasteiger partial charge in [-0.15, -0.1) is 0 Å².